The average molecular weight is 343 g/mol. The summed E-state index contributed by atoms with van der Waals surface area (Å²) in [6.07, 6.45) is 4.47. The van der Waals surface area contributed by atoms with Crippen LogP contribution in [0.5, 0.6) is 5.75 Å². The first kappa shape index (κ1) is 16.6. The molecule has 2 aliphatic heterocycles. The average Bonchev–Trinajstić information content (AvgIpc) is 3.09. The topological polar surface area (TPSA) is 51.9 Å². The van der Waals surface area contributed by atoms with E-state index in [1.165, 1.54) is 5.56 Å². The number of hydrogen-bond acceptors (Lipinski definition) is 5. The fraction of sp³-hybridized carbons (Fsp3) is 0.550. The summed E-state index contributed by atoms with van der Waals surface area (Å²) in [6, 6.07) is 3.78. The zero-order valence-corrected chi connectivity index (χ0v) is 15.0. The summed E-state index contributed by atoms with van der Waals surface area (Å²) < 4.78 is 17.3. The monoisotopic (exact) mass is 343 g/mol. The molecule has 2 aromatic rings. The molecular weight excluding hydrogens is 318 g/mol. The van der Waals surface area contributed by atoms with Gasteiger partial charge in [0, 0.05) is 42.3 Å². The van der Waals surface area contributed by atoms with E-state index in [2.05, 4.69) is 17.9 Å². The lowest BCUT2D eigenvalue weighted by Gasteiger charge is -2.31. The Bertz CT molecular complexity index is 836. The summed E-state index contributed by atoms with van der Waals surface area (Å²) >= 11 is 0. The highest BCUT2D eigenvalue weighted by Gasteiger charge is 2.26. The van der Waals surface area contributed by atoms with E-state index in [0.717, 1.165) is 67.6 Å². The summed E-state index contributed by atoms with van der Waals surface area (Å²) in [5, 5.41) is 1.04. The number of benzene rings is 1. The van der Waals surface area contributed by atoms with Crippen LogP contribution in [-0.4, -0.2) is 30.9 Å². The SMILES string of the molecule is CCCc1cc(=O)oc2c(C)c3c(cc12)CN(C[C@H]1CCCO1)CO3. The van der Waals surface area contributed by atoms with Crippen molar-refractivity contribution in [1.29, 1.82) is 0 Å². The first-order chi connectivity index (χ1) is 12.2. The van der Waals surface area contributed by atoms with Gasteiger partial charge in [-0.15, -0.1) is 0 Å². The largest absolute Gasteiger partial charge is 0.477 e. The number of aryl methyl sites for hydroxylation is 2. The number of nitrogens with zero attached hydrogens (tertiary/aromatic N) is 1. The Balaban J connectivity index is 1.70. The maximum atomic E-state index is 11.9. The Hall–Kier alpha value is -1.85. The van der Waals surface area contributed by atoms with Crippen molar-refractivity contribution in [2.24, 2.45) is 0 Å². The molecule has 0 N–H and O–H groups in total. The predicted octanol–water partition coefficient (Wildman–Crippen LogP) is 3.38. The maximum Gasteiger partial charge on any atom is 0.336 e. The Morgan fingerprint density at radius 2 is 2.20 bits per heavy atom. The van der Waals surface area contributed by atoms with E-state index in [9.17, 15) is 4.79 Å². The van der Waals surface area contributed by atoms with Crippen molar-refractivity contribution in [2.45, 2.75) is 52.2 Å². The van der Waals surface area contributed by atoms with E-state index >= 15 is 0 Å². The molecule has 0 spiro atoms. The zero-order chi connectivity index (χ0) is 17.4. The van der Waals surface area contributed by atoms with Gasteiger partial charge >= 0.3 is 5.63 Å². The van der Waals surface area contributed by atoms with Crippen molar-refractivity contribution < 1.29 is 13.9 Å². The minimum atomic E-state index is -0.283. The van der Waals surface area contributed by atoms with Crippen molar-refractivity contribution in [3.63, 3.8) is 0 Å². The fourth-order valence-corrected chi connectivity index (χ4v) is 4.00. The van der Waals surface area contributed by atoms with Crippen molar-refractivity contribution in [2.75, 3.05) is 19.9 Å². The van der Waals surface area contributed by atoms with E-state index in [4.69, 9.17) is 13.9 Å². The molecule has 0 aliphatic carbocycles. The lowest BCUT2D eigenvalue weighted by molar-refractivity contribution is 0.0277. The number of rotatable bonds is 4. The molecule has 1 atom stereocenters. The van der Waals surface area contributed by atoms with Crippen LogP contribution in [0.25, 0.3) is 11.0 Å². The third-order valence-corrected chi connectivity index (χ3v) is 5.17. The Morgan fingerprint density at radius 3 is 2.96 bits per heavy atom. The van der Waals surface area contributed by atoms with Gasteiger partial charge in [-0.1, -0.05) is 13.3 Å². The molecule has 4 rings (SSSR count). The van der Waals surface area contributed by atoms with Crippen LogP contribution in [0.1, 0.15) is 42.9 Å². The van der Waals surface area contributed by atoms with Gasteiger partial charge in [0.05, 0.1) is 6.10 Å². The van der Waals surface area contributed by atoms with E-state index in [0.29, 0.717) is 18.4 Å². The third kappa shape index (κ3) is 3.18. The third-order valence-electron chi connectivity index (χ3n) is 5.17. The Labute approximate surface area is 147 Å². The summed E-state index contributed by atoms with van der Waals surface area (Å²) in [5.74, 6) is 0.868. The highest BCUT2D eigenvalue weighted by atomic mass is 16.5. The summed E-state index contributed by atoms with van der Waals surface area (Å²) in [5.41, 5.74) is 3.55. The van der Waals surface area contributed by atoms with Gasteiger partial charge in [0.15, 0.2) is 0 Å². The molecule has 1 aromatic carbocycles. The second kappa shape index (κ2) is 6.81. The van der Waals surface area contributed by atoms with Crippen LogP contribution in [0.4, 0.5) is 0 Å². The minimum Gasteiger partial charge on any atom is -0.477 e. The van der Waals surface area contributed by atoms with Gasteiger partial charge < -0.3 is 13.9 Å². The second-order valence-corrected chi connectivity index (χ2v) is 7.13. The van der Waals surface area contributed by atoms with Gasteiger partial charge in [-0.3, -0.25) is 4.90 Å². The molecule has 3 heterocycles. The highest BCUT2D eigenvalue weighted by molar-refractivity contribution is 5.86. The lowest BCUT2D eigenvalue weighted by Crippen LogP contribution is -2.37. The standard InChI is InChI=1S/C20H25NO4/c1-3-5-14-9-18(22)25-20-13(2)19-15(8-17(14)20)10-21(12-24-19)11-16-6-4-7-23-16/h8-9,16H,3-7,10-12H2,1-2H3/t16-/m1/s1. The summed E-state index contributed by atoms with van der Waals surface area (Å²) in [4.78, 5) is 14.2. The smallest absolute Gasteiger partial charge is 0.336 e. The van der Waals surface area contributed by atoms with Crippen molar-refractivity contribution >= 4 is 11.0 Å². The van der Waals surface area contributed by atoms with Crippen LogP contribution in [0.3, 0.4) is 0 Å². The number of hydrogen-bond donors (Lipinski definition) is 0. The number of ether oxygens (including phenoxy) is 2. The fourth-order valence-electron chi connectivity index (χ4n) is 4.00. The molecule has 5 heteroatoms. The second-order valence-electron chi connectivity index (χ2n) is 7.13. The van der Waals surface area contributed by atoms with Gasteiger partial charge in [0.25, 0.3) is 0 Å². The molecule has 1 saturated heterocycles. The maximum absolute atomic E-state index is 11.9. The molecule has 0 radical (unpaired) electrons. The molecule has 0 amide bonds. The van der Waals surface area contributed by atoms with Gasteiger partial charge in [-0.2, -0.15) is 0 Å². The summed E-state index contributed by atoms with van der Waals surface area (Å²) in [7, 11) is 0. The van der Waals surface area contributed by atoms with Crippen LogP contribution >= 0.6 is 0 Å². The van der Waals surface area contributed by atoms with Gasteiger partial charge in [0.2, 0.25) is 0 Å². The molecule has 1 fully saturated rings. The molecule has 2 aliphatic rings. The highest BCUT2D eigenvalue weighted by Crippen LogP contribution is 2.36. The molecule has 1 aromatic heterocycles. The molecule has 25 heavy (non-hydrogen) atoms. The summed E-state index contributed by atoms with van der Waals surface area (Å²) in [6.45, 7) is 7.28. The minimum absolute atomic E-state index is 0.283. The van der Waals surface area contributed by atoms with Crippen LogP contribution in [0, 0.1) is 6.92 Å². The molecule has 0 bridgehead atoms. The molecular formula is C20H25NO4. The molecule has 0 saturated carbocycles. The van der Waals surface area contributed by atoms with Crippen LogP contribution < -0.4 is 10.4 Å². The predicted molar refractivity (Wildman–Crippen MR) is 96.1 cm³/mol. The van der Waals surface area contributed by atoms with Crippen molar-refractivity contribution in [1.82, 2.24) is 4.90 Å². The van der Waals surface area contributed by atoms with Crippen molar-refractivity contribution in [3.8, 4) is 5.75 Å². The van der Waals surface area contributed by atoms with E-state index in [-0.39, 0.29) is 5.63 Å². The van der Waals surface area contributed by atoms with Crippen LogP contribution in [-0.2, 0) is 17.7 Å². The van der Waals surface area contributed by atoms with E-state index in [1.807, 2.05) is 6.92 Å². The van der Waals surface area contributed by atoms with Gasteiger partial charge in [-0.25, -0.2) is 4.79 Å². The van der Waals surface area contributed by atoms with Crippen LogP contribution in [0.15, 0.2) is 21.3 Å². The Kier molecular flexibility index (Phi) is 4.52. The van der Waals surface area contributed by atoms with Crippen molar-refractivity contribution in [3.05, 3.63) is 39.2 Å². The van der Waals surface area contributed by atoms with Gasteiger partial charge in [-0.05, 0) is 37.8 Å². The first-order valence-electron chi connectivity index (χ1n) is 9.21. The zero-order valence-electron chi connectivity index (χ0n) is 15.0. The normalized spacial score (nSPS) is 20.6. The van der Waals surface area contributed by atoms with E-state index in [1.54, 1.807) is 6.07 Å². The molecule has 0 unspecified atom stereocenters. The van der Waals surface area contributed by atoms with Crippen LogP contribution in [0.2, 0.25) is 0 Å². The Morgan fingerprint density at radius 1 is 1.32 bits per heavy atom. The first-order valence-corrected chi connectivity index (χ1v) is 9.21. The molecule has 134 valence electrons. The van der Waals surface area contributed by atoms with E-state index < -0.39 is 0 Å². The number of fused-ring (bicyclic) bond motifs is 2. The quantitative estimate of drug-likeness (QED) is 0.797. The van der Waals surface area contributed by atoms with Gasteiger partial charge in [0.1, 0.15) is 18.1 Å². The molecule has 5 nitrogen and oxygen atoms in total. The lowest BCUT2D eigenvalue weighted by atomic mass is 9.98.